The molecule has 0 amide bonds. The molecule has 0 heterocycles. The smallest absolute Gasteiger partial charge is 0.374 e. The number of rotatable bonds is 7. The highest BCUT2D eigenvalue weighted by molar-refractivity contribution is 6.46. The van der Waals surface area contributed by atoms with Gasteiger partial charge in [-0.3, -0.25) is 4.79 Å². The summed E-state index contributed by atoms with van der Waals surface area (Å²) in [5.74, 6) is -1.02. The Morgan fingerprint density at radius 3 is 2.29 bits per heavy atom. The molecule has 0 saturated carbocycles. The van der Waals surface area contributed by atoms with Gasteiger partial charge in [0, 0.05) is 0 Å². The second-order valence-corrected chi connectivity index (χ2v) is 3.15. The van der Waals surface area contributed by atoms with Crippen LogP contribution in [0.3, 0.4) is 0 Å². The van der Waals surface area contributed by atoms with Gasteiger partial charge in [0.2, 0.25) is 0 Å². The minimum absolute atomic E-state index is 0.297. The third-order valence-corrected chi connectivity index (χ3v) is 1.61. The highest BCUT2D eigenvalue weighted by Gasteiger charge is 2.20. The molecule has 0 aromatic heterocycles. The molecule has 14 heavy (non-hydrogen) atoms. The van der Waals surface area contributed by atoms with E-state index in [4.69, 9.17) is 15.2 Å². The molecule has 0 spiro atoms. The van der Waals surface area contributed by atoms with E-state index < -0.39 is 26.1 Å². The molecule has 0 radical (unpaired) electrons. The fourth-order valence-electron chi connectivity index (χ4n) is 1.01. The van der Waals surface area contributed by atoms with Crippen molar-refractivity contribution in [3.05, 3.63) is 0 Å². The average molecular weight is 202 g/mol. The van der Waals surface area contributed by atoms with Crippen molar-refractivity contribution in [1.82, 2.24) is 10.5 Å². The Kier molecular flexibility index (Phi) is 6.56. The van der Waals surface area contributed by atoms with E-state index in [9.17, 15) is 4.79 Å². The summed E-state index contributed by atoms with van der Waals surface area (Å²) >= 11 is 0. The maximum absolute atomic E-state index is 10.6. The molecule has 80 valence electrons. The zero-order valence-corrected chi connectivity index (χ0v) is 8.40. The zero-order valence-electron chi connectivity index (χ0n) is 8.40. The predicted molar refractivity (Wildman–Crippen MR) is 54.9 cm³/mol. The monoisotopic (exact) mass is 202 g/mol. The van der Waals surface area contributed by atoms with Gasteiger partial charge in [-0.05, 0) is 26.6 Å². The van der Waals surface area contributed by atoms with Crippen molar-refractivity contribution in [1.29, 1.82) is 0 Å². The molecule has 0 saturated heterocycles. The summed E-state index contributed by atoms with van der Waals surface area (Å²) in [6, 6.07) is -0.804. The summed E-state index contributed by atoms with van der Waals surface area (Å²) in [5, 5.41) is 31.7. The maximum Gasteiger partial charge on any atom is 0.374 e. The third kappa shape index (κ3) is 6.90. The van der Waals surface area contributed by atoms with Gasteiger partial charge in [0.05, 0.1) is 6.04 Å². The van der Waals surface area contributed by atoms with E-state index in [0.717, 1.165) is 0 Å². The topological polar surface area (TPSA) is 102 Å². The van der Waals surface area contributed by atoms with Crippen LogP contribution in [0.5, 0.6) is 0 Å². The summed E-state index contributed by atoms with van der Waals surface area (Å²) < 4.78 is 0. The first-order valence-corrected chi connectivity index (χ1v) is 4.52. The van der Waals surface area contributed by atoms with Gasteiger partial charge in [-0.15, -0.1) is 0 Å². The second-order valence-electron chi connectivity index (χ2n) is 3.15. The molecule has 1 unspecified atom stereocenters. The van der Waals surface area contributed by atoms with Crippen LogP contribution in [0.15, 0.2) is 0 Å². The Morgan fingerprint density at radius 1 is 1.36 bits per heavy atom. The number of hydrogen-bond acceptors (Lipinski definition) is 5. The van der Waals surface area contributed by atoms with Crippen molar-refractivity contribution < 1.29 is 19.9 Å². The minimum atomic E-state index is -1.02. The first kappa shape index (κ1) is 13.4. The zero-order chi connectivity index (χ0) is 11.1. The molecular formula is C6H16B2N2O4. The van der Waals surface area contributed by atoms with E-state index in [2.05, 4.69) is 10.5 Å². The highest BCUT2D eigenvalue weighted by atomic mass is 16.4. The molecule has 5 N–H and O–H groups in total. The lowest BCUT2D eigenvalue weighted by Gasteiger charge is -2.15. The van der Waals surface area contributed by atoms with Crippen LogP contribution < -0.4 is 10.5 Å². The summed E-state index contributed by atoms with van der Waals surface area (Å²) in [6.07, 6.45) is 0.297. The molecule has 0 aromatic carbocycles. The lowest BCUT2D eigenvalue weighted by atomic mass is 9.86. The summed E-state index contributed by atoms with van der Waals surface area (Å²) in [4.78, 5) is 10.6. The SMILES string of the molecule is CB(O)NCCC(NB(C)O)C(=O)O. The van der Waals surface area contributed by atoms with E-state index in [1.54, 1.807) is 6.82 Å². The third-order valence-electron chi connectivity index (χ3n) is 1.61. The van der Waals surface area contributed by atoms with E-state index in [1.165, 1.54) is 6.82 Å². The molecule has 0 rings (SSSR count). The lowest BCUT2D eigenvalue weighted by Crippen LogP contribution is -2.47. The Balaban J connectivity index is 3.80. The molecule has 6 nitrogen and oxygen atoms in total. The van der Waals surface area contributed by atoms with Crippen molar-refractivity contribution >= 4 is 20.1 Å². The Morgan fingerprint density at radius 2 is 1.93 bits per heavy atom. The van der Waals surface area contributed by atoms with Gasteiger partial charge < -0.3 is 25.6 Å². The fourth-order valence-corrected chi connectivity index (χ4v) is 1.01. The molecule has 0 aliphatic heterocycles. The molecule has 0 aliphatic carbocycles. The van der Waals surface area contributed by atoms with Crippen LogP contribution in [-0.2, 0) is 4.79 Å². The van der Waals surface area contributed by atoms with Crippen molar-refractivity contribution in [2.24, 2.45) is 0 Å². The number of carbonyl (C=O) groups is 1. The molecular weight excluding hydrogens is 186 g/mol. The van der Waals surface area contributed by atoms with Gasteiger partial charge in [0.25, 0.3) is 0 Å². The molecule has 8 heteroatoms. The second kappa shape index (κ2) is 6.83. The summed E-state index contributed by atoms with van der Waals surface area (Å²) in [7, 11) is -1.52. The quantitative estimate of drug-likeness (QED) is 0.313. The first-order chi connectivity index (χ1) is 6.43. The van der Waals surface area contributed by atoms with Gasteiger partial charge in [0.15, 0.2) is 0 Å². The van der Waals surface area contributed by atoms with Crippen LogP contribution in [0.4, 0.5) is 0 Å². The van der Waals surface area contributed by atoms with Gasteiger partial charge >= 0.3 is 20.1 Å². The van der Waals surface area contributed by atoms with Crippen LogP contribution >= 0.6 is 0 Å². The van der Waals surface area contributed by atoms with E-state index >= 15 is 0 Å². The summed E-state index contributed by atoms with van der Waals surface area (Å²) in [5.41, 5.74) is 0. The summed E-state index contributed by atoms with van der Waals surface area (Å²) in [6.45, 7) is 3.38. The van der Waals surface area contributed by atoms with Gasteiger partial charge in [-0.2, -0.15) is 0 Å². The van der Waals surface area contributed by atoms with Crippen LogP contribution in [0.1, 0.15) is 6.42 Å². The van der Waals surface area contributed by atoms with Crippen LogP contribution in [0.25, 0.3) is 0 Å². The Hall–Kier alpha value is -0.560. The number of carboxylic acids is 1. The predicted octanol–water partition coefficient (Wildman–Crippen LogP) is -1.77. The molecule has 0 bridgehead atoms. The van der Waals surface area contributed by atoms with Crippen molar-refractivity contribution in [3.63, 3.8) is 0 Å². The Labute approximate surface area is 84.0 Å². The van der Waals surface area contributed by atoms with Crippen molar-refractivity contribution in [3.8, 4) is 0 Å². The number of carboxylic acid groups (broad SMARTS) is 1. The maximum atomic E-state index is 10.6. The molecule has 0 fully saturated rings. The van der Waals surface area contributed by atoms with Gasteiger partial charge in [-0.1, -0.05) is 0 Å². The molecule has 0 aromatic rings. The van der Waals surface area contributed by atoms with Crippen molar-refractivity contribution in [2.75, 3.05) is 6.54 Å². The van der Waals surface area contributed by atoms with Crippen molar-refractivity contribution in [2.45, 2.75) is 26.1 Å². The minimum Gasteiger partial charge on any atom is -0.480 e. The molecule has 0 aliphatic rings. The number of aliphatic carboxylic acids is 1. The van der Waals surface area contributed by atoms with E-state index in [0.29, 0.717) is 13.0 Å². The van der Waals surface area contributed by atoms with Crippen LogP contribution in [-0.4, -0.2) is 47.8 Å². The molecule has 1 atom stereocenters. The standard InChI is InChI=1S/C6H16B2N2O4/c1-7(13)9-4-3-5(6(11)12)10-8(2)14/h5,9-10,13-14H,3-4H2,1-2H3,(H,11,12). The lowest BCUT2D eigenvalue weighted by molar-refractivity contribution is -0.139. The largest absolute Gasteiger partial charge is 0.480 e. The number of nitrogens with one attached hydrogen (secondary N) is 2. The average Bonchev–Trinajstić information content (AvgIpc) is 2.00. The van der Waals surface area contributed by atoms with E-state index in [-0.39, 0.29) is 0 Å². The Bertz CT molecular complexity index is 179. The van der Waals surface area contributed by atoms with Crippen LogP contribution in [0.2, 0.25) is 13.6 Å². The first-order valence-electron chi connectivity index (χ1n) is 4.52. The fraction of sp³-hybridized carbons (Fsp3) is 0.833. The number of hydrogen-bond donors (Lipinski definition) is 5. The highest BCUT2D eigenvalue weighted by Crippen LogP contribution is 1.92. The van der Waals surface area contributed by atoms with Gasteiger partial charge in [0.1, 0.15) is 0 Å². The van der Waals surface area contributed by atoms with E-state index in [1.807, 2.05) is 0 Å². The normalized spacial score (nSPS) is 12.3. The van der Waals surface area contributed by atoms with Crippen LogP contribution in [0, 0.1) is 0 Å². The van der Waals surface area contributed by atoms with Gasteiger partial charge in [-0.25, -0.2) is 0 Å².